The van der Waals surface area contributed by atoms with E-state index < -0.39 is 5.60 Å². The Balaban J connectivity index is 1.35. The van der Waals surface area contributed by atoms with Gasteiger partial charge in [-0.25, -0.2) is 4.79 Å². The van der Waals surface area contributed by atoms with Gasteiger partial charge in [0.15, 0.2) is 0 Å². The molecule has 3 fully saturated rings. The molecule has 0 heterocycles. The van der Waals surface area contributed by atoms with Gasteiger partial charge >= 0.3 is 6.09 Å². The molecule has 2 bridgehead atoms. The average molecular weight is 308 g/mol. The number of alkyl carbamates (subject to hydrolysis) is 1. The molecule has 3 saturated carbocycles. The molecule has 0 aromatic rings. The molecule has 0 aromatic carbocycles. The summed E-state index contributed by atoms with van der Waals surface area (Å²) in [7, 11) is 0. The second-order valence-corrected chi connectivity index (χ2v) is 8.70. The van der Waals surface area contributed by atoms with Crippen molar-refractivity contribution in [3.8, 4) is 0 Å². The number of rotatable bonds is 4. The molecule has 4 nitrogen and oxygen atoms in total. The molecule has 22 heavy (non-hydrogen) atoms. The van der Waals surface area contributed by atoms with E-state index in [0.717, 1.165) is 30.6 Å². The van der Waals surface area contributed by atoms with Gasteiger partial charge in [-0.3, -0.25) is 0 Å². The largest absolute Gasteiger partial charge is 0.444 e. The van der Waals surface area contributed by atoms with Crippen LogP contribution in [0.2, 0.25) is 0 Å². The molecule has 5 atom stereocenters. The van der Waals surface area contributed by atoms with Gasteiger partial charge in [-0.15, -0.1) is 0 Å². The summed E-state index contributed by atoms with van der Waals surface area (Å²) in [6, 6.07) is 0.839. The number of ether oxygens (including phenoxy) is 1. The zero-order valence-corrected chi connectivity index (χ0v) is 14.4. The van der Waals surface area contributed by atoms with E-state index >= 15 is 0 Å². The maximum Gasteiger partial charge on any atom is 0.407 e. The minimum atomic E-state index is -0.415. The first kappa shape index (κ1) is 16.1. The van der Waals surface area contributed by atoms with Gasteiger partial charge in [0, 0.05) is 12.1 Å². The van der Waals surface area contributed by atoms with E-state index in [-0.39, 0.29) is 12.1 Å². The van der Waals surface area contributed by atoms with E-state index in [9.17, 15) is 4.79 Å². The third-order valence-electron chi connectivity index (χ3n) is 5.71. The van der Waals surface area contributed by atoms with E-state index in [1.54, 1.807) is 0 Å². The normalized spacial score (nSPS) is 37.5. The monoisotopic (exact) mass is 308 g/mol. The van der Waals surface area contributed by atoms with Gasteiger partial charge in [-0.2, -0.15) is 0 Å². The third kappa shape index (κ3) is 4.15. The summed E-state index contributed by atoms with van der Waals surface area (Å²) in [5.41, 5.74) is -0.415. The van der Waals surface area contributed by atoms with Crippen molar-refractivity contribution in [2.45, 2.75) is 83.4 Å². The second-order valence-electron chi connectivity index (χ2n) is 8.70. The van der Waals surface area contributed by atoms with E-state index in [0.29, 0.717) is 6.04 Å². The molecule has 0 spiro atoms. The van der Waals surface area contributed by atoms with Crippen molar-refractivity contribution in [3.05, 3.63) is 0 Å². The molecule has 0 aromatic heterocycles. The minimum absolute atomic E-state index is 0.271. The molecule has 0 saturated heterocycles. The first-order valence-electron chi connectivity index (χ1n) is 9.12. The van der Waals surface area contributed by atoms with Crippen LogP contribution in [0.3, 0.4) is 0 Å². The van der Waals surface area contributed by atoms with Gasteiger partial charge < -0.3 is 15.4 Å². The molecule has 3 aliphatic rings. The molecular formula is C18H32N2O2. The van der Waals surface area contributed by atoms with Crippen LogP contribution < -0.4 is 10.6 Å². The highest BCUT2D eigenvalue weighted by molar-refractivity contribution is 5.68. The van der Waals surface area contributed by atoms with Gasteiger partial charge in [0.1, 0.15) is 5.60 Å². The highest BCUT2D eigenvalue weighted by atomic mass is 16.6. The SMILES string of the molecule is CC(C)(C)OC(=O)NC1CCC(NCC2CC3CCC2C3)C1. The van der Waals surface area contributed by atoms with Gasteiger partial charge in [0.25, 0.3) is 0 Å². The Morgan fingerprint density at radius 2 is 1.82 bits per heavy atom. The first-order valence-corrected chi connectivity index (χ1v) is 9.12. The summed E-state index contributed by atoms with van der Waals surface area (Å²) < 4.78 is 5.34. The Bertz CT molecular complexity index is 404. The molecule has 0 aliphatic heterocycles. The standard InChI is InChI=1S/C18H32N2O2/c1-18(2,3)22-17(21)20-16-7-6-15(10-16)19-11-14-9-12-4-5-13(14)8-12/h12-16,19H,4-11H2,1-3H3,(H,20,21). The lowest BCUT2D eigenvalue weighted by Crippen LogP contribution is -2.39. The maximum atomic E-state index is 11.8. The van der Waals surface area contributed by atoms with Gasteiger partial charge in [-0.1, -0.05) is 6.42 Å². The van der Waals surface area contributed by atoms with E-state index in [4.69, 9.17) is 4.74 Å². The van der Waals surface area contributed by atoms with Crippen LogP contribution in [0.15, 0.2) is 0 Å². The molecule has 0 radical (unpaired) electrons. The third-order valence-corrected chi connectivity index (χ3v) is 5.71. The summed E-state index contributed by atoms with van der Waals surface area (Å²) in [5, 5.41) is 6.79. The lowest BCUT2D eigenvalue weighted by atomic mass is 9.88. The molecule has 126 valence electrons. The van der Waals surface area contributed by atoms with Crippen molar-refractivity contribution in [3.63, 3.8) is 0 Å². The quantitative estimate of drug-likeness (QED) is 0.836. The highest BCUT2D eigenvalue weighted by Crippen LogP contribution is 2.48. The topological polar surface area (TPSA) is 50.4 Å². The summed E-state index contributed by atoms with van der Waals surface area (Å²) in [6.45, 7) is 6.90. The fourth-order valence-electron chi connectivity index (χ4n) is 4.72. The molecule has 5 unspecified atom stereocenters. The molecule has 4 heteroatoms. The number of hydrogen-bond acceptors (Lipinski definition) is 3. The van der Waals surface area contributed by atoms with Gasteiger partial charge in [0.2, 0.25) is 0 Å². The fourth-order valence-corrected chi connectivity index (χ4v) is 4.72. The predicted octanol–water partition coefficient (Wildman–Crippen LogP) is 3.46. The van der Waals surface area contributed by atoms with Gasteiger partial charge in [0.05, 0.1) is 0 Å². The minimum Gasteiger partial charge on any atom is -0.444 e. The van der Waals surface area contributed by atoms with Crippen LogP contribution in [0, 0.1) is 17.8 Å². The maximum absolute atomic E-state index is 11.8. The number of carbonyl (C=O) groups excluding carboxylic acids is 1. The van der Waals surface area contributed by atoms with E-state index in [2.05, 4.69) is 10.6 Å². The molecule has 2 N–H and O–H groups in total. The smallest absolute Gasteiger partial charge is 0.407 e. The second kappa shape index (κ2) is 6.38. The van der Waals surface area contributed by atoms with Crippen molar-refractivity contribution >= 4 is 6.09 Å². The Morgan fingerprint density at radius 3 is 2.45 bits per heavy atom. The van der Waals surface area contributed by atoms with Crippen LogP contribution >= 0.6 is 0 Å². The molecule has 1 amide bonds. The van der Waals surface area contributed by atoms with Crippen LogP contribution in [-0.2, 0) is 4.74 Å². The van der Waals surface area contributed by atoms with Gasteiger partial charge in [-0.05, 0) is 83.6 Å². The predicted molar refractivity (Wildman–Crippen MR) is 87.7 cm³/mol. The van der Waals surface area contributed by atoms with Crippen LogP contribution in [0.25, 0.3) is 0 Å². The number of nitrogens with one attached hydrogen (secondary N) is 2. The van der Waals surface area contributed by atoms with Crippen molar-refractivity contribution in [2.75, 3.05) is 6.54 Å². The average Bonchev–Trinajstić information content (AvgIpc) is 3.09. The Labute approximate surface area is 134 Å². The molecule has 3 aliphatic carbocycles. The number of carbonyl (C=O) groups is 1. The van der Waals surface area contributed by atoms with Crippen molar-refractivity contribution in [1.29, 1.82) is 0 Å². The summed E-state index contributed by atoms with van der Waals surface area (Å²) in [6.07, 6.45) is 8.88. The van der Waals surface area contributed by atoms with Crippen LogP contribution in [0.5, 0.6) is 0 Å². The number of amides is 1. The fraction of sp³-hybridized carbons (Fsp3) is 0.944. The Morgan fingerprint density at radius 1 is 1.05 bits per heavy atom. The van der Waals surface area contributed by atoms with Crippen LogP contribution in [0.1, 0.15) is 65.7 Å². The van der Waals surface area contributed by atoms with E-state index in [1.165, 1.54) is 38.6 Å². The van der Waals surface area contributed by atoms with Crippen molar-refractivity contribution in [2.24, 2.45) is 17.8 Å². The number of hydrogen-bond donors (Lipinski definition) is 2. The van der Waals surface area contributed by atoms with Crippen LogP contribution in [-0.4, -0.2) is 30.3 Å². The van der Waals surface area contributed by atoms with Crippen molar-refractivity contribution in [1.82, 2.24) is 10.6 Å². The Kier molecular flexibility index (Phi) is 4.67. The van der Waals surface area contributed by atoms with Crippen molar-refractivity contribution < 1.29 is 9.53 Å². The molecular weight excluding hydrogens is 276 g/mol. The summed E-state index contributed by atoms with van der Waals surface area (Å²) in [5.74, 6) is 2.94. The van der Waals surface area contributed by atoms with E-state index in [1.807, 2.05) is 20.8 Å². The summed E-state index contributed by atoms with van der Waals surface area (Å²) >= 11 is 0. The lowest BCUT2D eigenvalue weighted by Gasteiger charge is -2.24. The highest BCUT2D eigenvalue weighted by Gasteiger charge is 2.39. The Hall–Kier alpha value is -0.770. The summed E-state index contributed by atoms with van der Waals surface area (Å²) in [4.78, 5) is 11.8. The lowest BCUT2D eigenvalue weighted by molar-refractivity contribution is 0.0505. The number of fused-ring (bicyclic) bond motifs is 2. The first-order chi connectivity index (χ1) is 10.4. The van der Waals surface area contributed by atoms with Crippen LogP contribution in [0.4, 0.5) is 4.79 Å². The zero-order chi connectivity index (χ0) is 15.7. The zero-order valence-electron chi connectivity index (χ0n) is 14.4. The molecule has 3 rings (SSSR count).